The average Bonchev–Trinajstić information content (AvgIpc) is 2.43. The van der Waals surface area contributed by atoms with Crippen LogP contribution in [0.3, 0.4) is 0 Å². The molecule has 0 radical (unpaired) electrons. The maximum absolute atomic E-state index is 3.65. The van der Waals surface area contributed by atoms with Gasteiger partial charge in [0.15, 0.2) is 0 Å². The van der Waals surface area contributed by atoms with Gasteiger partial charge in [0.05, 0.1) is 0 Å². The largest absolute Gasteiger partial charge is 0.391 e. The molecule has 0 saturated carbocycles. The van der Waals surface area contributed by atoms with E-state index in [1.165, 1.54) is 89.9 Å². The molecule has 114 valence electrons. The fourth-order valence-electron chi connectivity index (χ4n) is 2.52. The molecule has 0 aliphatic rings. The molecule has 0 spiro atoms. The van der Waals surface area contributed by atoms with Gasteiger partial charge in [-0.3, -0.25) is 0 Å². The lowest BCUT2D eigenvalue weighted by molar-refractivity contribution is 0.534. The topological polar surface area (TPSA) is 12.0 Å². The van der Waals surface area contributed by atoms with Gasteiger partial charge in [-0.2, -0.15) is 0 Å². The highest BCUT2D eigenvalue weighted by Crippen LogP contribution is 2.12. The summed E-state index contributed by atoms with van der Waals surface area (Å²) >= 11 is 0. The van der Waals surface area contributed by atoms with Crippen LogP contribution in [0.5, 0.6) is 0 Å². The minimum atomic E-state index is 1.10. The molecule has 0 aromatic heterocycles. The van der Waals surface area contributed by atoms with Crippen molar-refractivity contribution in [3.05, 3.63) is 12.8 Å². The van der Waals surface area contributed by atoms with Crippen LogP contribution >= 0.6 is 0 Å². The molecule has 0 saturated heterocycles. The maximum Gasteiger partial charge on any atom is 0.0141 e. The molecule has 0 rings (SSSR count). The second-order valence-corrected chi connectivity index (χ2v) is 5.75. The first-order valence-electron chi connectivity index (χ1n) is 8.76. The smallest absolute Gasteiger partial charge is 0.0141 e. The van der Waals surface area contributed by atoms with Gasteiger partial charge in [0.1, 0.15) is 0 Å². The van der Waals surface area contributed by atoms with E-state index in [-0.39, 0.29) is 0 Å². The van der Waals surface area contributed by atoms with Crippen LogP contribution in [0.25, 0.3) is 0 Å². The Morgan fingerprint density at radius 1 is 0.632 bits per heavy atom. The SMILES string of the molecule is C=CNCCCCCCCCCCCCCCCC. The molecule has 0 aromatic carbocycles. The monoisotopic (exact) mass is 267 g/mol. The zero-order valence-corrected chi connectivity index (χ0v) is 13.4. The van der Waals surface area contributed by atoms with Crippen LogP contribution < -0.4 is 5.32 Å². The molecule has 0 fully saturated rings. The first kappa shape index (κ1) is 18.5. The molecular weight excluding hydrogens is 230 g/mol. The quantitative estimate of drug-likeness (QED) is 0.328. The standard InChI is InChI=1S/C18H37N/c1-3-5-6-7-8-9-10-11-12-13-14-15-16-17-18-19-4-2/h4,19H,2-3,5-18H2,1H3. The van der Waals surface area contributed by atoms with E-state index < -0.39 is 0 Å². The van der Waals surface area contributed by atoms with E-state index in [1.54, 1.807) is 6.20 Å². The van der Waals surface area contributed by atoms with Crippen molar-refractivity contribution in [1.29, 1.82) is 0 Å². The van der Waals surface area contributed by atoms with Crippen molar-refractivity contribution in [2.24, 2.45) is 0 Å². The maximum atomic E-state index is 3.65. The summed E-state index contributed by atoms with van der Waals surface area (Å²) in [5.41, 5.74) is 0. The lowest BCUT2D eigenvalue weighted by Crippen LogP contribution is -2.05. The number of hydrogen-bond donors (Lipinski definition) is 1. The van der Waals surface area contributed by atoms with Gasteiger partial charge in [-0.15, -0.1) is 0 Å². The Hall–Kier alpha value is -0.460. The molecule has 1 nitrogen and oxygen atoms in total. The van der Waals surface area contributed by atoms with Gasteiger partial charge in [-0.05, 0) is 12.6 Å². The van der Waals surface area contributed by atoms with E-state index in [2.05, 4.69) is 18.8 Å². The molecule has 0 unspecified atom stereocenters. The van der Waals surface area contributed by atoms with E-state index >= 15 is 0 Å². The normalized spacial score (nSPS) is 10.6. The highest BCUT2D eigenvalue weighted by Gasteiger charge is 1.93. The summed E-state index contributed by atoms with van der Waals surface area (Å²) in [6, 6.07) is 0. The summed E-state index contributed by atoms with van der Waals surface area (Å²) in [5.74, 6) is 0. The van der Waals surface area contributed by atoms with Gasteiger partial charge in [-0.1, -0.05) is 97.0 Å². The summed E-state index contributed by atoms with van der Waals surface area (Å²) in [6.07, 6.45) is 21.8. The van der Waals surface area contributed by atoms with Gasteiger partial charge < -0.3 is 5.32 Å². The minimum absolute atomic E-state index is 1.10. The molecule has 0 aromatic rings. The summed E-state index contributed by atoms with van der Waals surface area (Å²) in [6.45, 7) is 7.04. The van der Waals surface area contributed by atoms with Gasteiger partial charge in [-0.25, -0.2) is 0 Å². The second kappa shape index (κ2) is 17.5. The van der Waals surface area contributed by atoms with E-state index in [1.807, 2.05) is 0 Å². The van der Waals surface area contributed by atoms with Gasteiger partial charge in [0.25, 0.3) is 0 Å². The fourth-order valence-corrected chi connectivity index (χ4v) is 2.52. The Balaban J connectivity index is 2.89. The number of unbranched alkanes of at least 4 members (excludes halogenated alkanes) is 13. The third-order valence-electron chi connectivity index (χ3n) is 3.82. The molecular formula is C18H37N. The fraction of sp³-hybridized carbons (Fsp3) is 0.889. The summed E-state index contributed by atoms with van der Waals surface area (Å²) in [7, 11) is 0. The predicted molar refractivity (Wildman–Crippen MR) is 88.5 cm³/mol. The van der Waals surface area contributed by atoms with Crippen molar-refractivity contribution >= 4 is 0 Å². The van der Waals surface area contributed by atoms with Crippen LogP contribution in [0, 0.1) is 0 Å². The molecule has 0 aliphatic heterocycles. The van der Waals surface area contributed by atoms with Crippen molar-refractivity contribution in [2.45, 2.75) is 96.8 Å². The number of hydrogen-bond acceptors (Lipinski definition) is 1. The van der Waals surface area contributed by atoms with Crippen LogP contribution in [0.15, 0.2) is 12.8 Å². The second-order valence-electron chi connectivity index (χ2n) is 5.75. The molecule has 0 bridgehead atoms. The van der Waals surface area contributed by atoms with Crippen molar-refractivity contribution in [3.8, 4) is 0 Å². The van der Waals surface area contributed by atoms with Crippen molar-refractivity contribution in [3.63, 3.8) is 0 Å². The predicted octanol–water partition coefficient (Wildman–Crippen LogP) is 6.20. The molecule has 0 heterocycles. The van der Waals surface area contributed by atoms with Gasteiger partial charge >= 0.3 is 0 Å². The van der Waals surface area contributed by atoms with Gasteiger partial charge in [0, 0.05) is 6.54 Å². The van der Waals surface area contributed by atoms with Crippen LogP contribution in [0.2, 0.25) is 0 Å². The van der Waals surface area contributed by atoms with Gasteiger partial charge in [0.2, 0.25) is 0 Å². The number of nitrogens with one attached hydrogen (secondary N) is 1. The van der Waals surface area contributed by atoms with E-state index in [9.17, 15) is 0 Å². The Bertz CT molecular complexity index is 165. The summed E-state index contributed by atoms with van der Waals surface area (Å²) in [4.78, 5) is 0. The zero-order valence-electron chi connectivity index (χ0n) is 13.4. The Labute approximate surface area is 122 Å². The Morgan fingerprint density at radius 3 is 1.37 bits per heavy atom. The highest BCUT2D eigenvalue weighted by atomic mass is 14.8. The molecule has 0 amide bonds. The highest BCUT2D eigenvalue weighted by molar-refractivity contribution is 4.62. The van der Waals surface area contributed by atoms with Crippen molar-refractivity contribution in [2.75, 3.05) is 6.54 Å². The Kier molecular flexibility index (Phi) is 17.1. The lowest BCUT2D eigenvalue weighted by atomic mass is 10.0. The molecule has 1 N–H and O–H groups in total. The van der Waals surface area contributed by atoms with Crippen LogP contribution in [0.1, 0.15) is 96.8 Å². The van der Waals surface area contributed by atoms with E-state index in [0.29, 0.717) is 0 Å². The third kappa shape index (κ3) is 17.5. The van der Waals surface area contributed by atoms with Crippen molar-refractivity contribution in [1.82, 2.24) is 5.32 Å². The minimum Gasteiger partial charge on any atom is -0.391 e. The van der Waals surface area contributed by atoms with E-state index in [4.69, 9.17) is 0 Å². The van der Waals surface area contributed by atoms with Crippen molar-refractivity contribution < 1.29 is 0 Å². The first-order valence-corrected chi connectivity index (χ1v) is 8.76. The number of rotatable bonds is 16. The third-order valence-corrected chi connectivity index (χ3v) is 3.82. The first-order chi connectivity index (χ1) is 9.41. The average molecular weight is 268 g/mol. The molecule has 0 atom stereocenters. The lowest BCUT2D eigenvalue weighted by Gasteiger charge is -2.03. The zero-order chi connectivity index (χ0) is 14.0. The molecule has 1 heteroatoms. The summed E-state index contributed by atoms with van der Waals surface area (Å²) in [5, 5.41) is 3.16. The van der Waals surface area contributed by atoms with Crippen LogP contribution in [0.4, 0.5) is 0 Å². The summed E-state index contributed by atoms with van der Waals surface area (Å²) < 4.78 is 0. The molecule has 0 aliphatic carbocycles. The molecule has 19 heavy (non-hydrogen) atoms. The van der Waals surface area contributed by atoms with Crippen LogP contribution in [-0.4, -0.2) is 6.54 Å². The van der Waals surface area contributed by atoms with Crippen LogP contribution in [-0.2, 0) is 0 Å². The Morgan fingerprint density at radius 2 is 1.00 bits per heavy atom. The van der Waals surface area contributed by atoms with E-state index in [0.717, 1.165) is 6.54 Å².